The van der Waals surface area contributed by atoms with Crippen LogP contribution in [0.3, 0.4) is 0 Å². The lowest BCUT2D eigenvalue weighted by molar-refractivity contribution is -0.145. The maximum Gasteiger partial charge on any atom is 0.450 e. The first-order chi connectivity index (χ1) is 7.41. The van der Waals surface area contributed by atoms with Gasteiger partial charge in [0.05, 0.1) is 11.7 Å². The van der Waals surface area contributed by atoms with E-state index in [-0.39, 0.29) is 6.04 Å². The first kappa shape index (κ1) is 10.9. The average Bonchev–Trinajstić information content (AvgIpc) is 2.59. The van der Waals surface area contributed by atoms with Gasteiger partial charge in [-0.2, -0.15) is 13.2 Å². The second-order valence-electron chi connectivity index (χ2n) is 3.59. The van der Waals surface area contributed by atoms with Crippen molar-refractivity contribution in [3.8, 4) is 0 Å². The molecule has 0 saturated heterocycles. The second kappa shape index (κ2) is 3.48. The fourth-order valence-corrected chi connectivity index (χ4v) is 1.64. The van der Waals surface area contributed by atoms with Crippen molar-refractivity contribution in [3.63, 3.8) is 0 Å². The lowest BCUT2D eigenvalue weighted by atomic mass is 10.1. The molecule has 2 heterocycles. The van der Waals surface area contributed by atoms with Gasteiger partial charge in [-0.25, -0.2) is 4.98 Å². The van der Waals surface area contributed by atoms with Gasteiger partial charge in [0.1, 0.15) is 0 Å². The Balaban J connectivity index is 2.71. The van der Waals surface area contributed by atoms with Crippen molar-refractivity contribution in [1.29, 1.82) is 0 Å². The zero-order chi connectivity index (χ0) is 11.9. The number of nitrogens with two attached hydrogens (primary N) is 1. The van der Waals surface area contributed by atoms with Crippen molar-refractivity contribution in [3.05, 3.63) is 35.9 Å². The molecular weight excluding hydrogens is 219 g/mol. The van der Waals surface area contributed by atoms with Gasteiger partial charge in [-0.1, -0.05) is 6.07 Å². The molecule has 2 aromatic rings. The minimum atomic E-state index is -4.46. The molecule has 0 spiro atoms. The van der Waals surface area contributed by atoms with Crippen molar-refractivity contribution >= 4 is 5.52 Å². The van der Waals surface area contributed by atoms with Crippen LogP contribution in [0.4, 0.5) is 13.2 Å². The molecule has 0 amide bonds. The largest absolute Gasteiger partial charge is 0.450 e. The van der Waals surface area contributed by atoms with E-state index in [1.54, 1.807) is 13.0 Å². The number of halogens is 3. The molecule has 16 heavy (non-hydrogen) atoms. The molecule has 0 aliphatic carbocycles. The molecule has 86 valence electrons. The molecule has 0 saturated carbocycles. The second-order valence-corrected chi connectivity index (χ2v) is 3.59. The average molecular weight is 229 g/mol. The van der Waals surface area contributed by atoms with E-state index in [1.807, 2.05) is 0 Å². The number of imidazole rings is 1. The van der Waals surface area contributed by atoms with Crippen molar-refractivity contribution in [2.24, 2.45) is 5.73 Å². The molecule has 2 aromatic heterocycles. The molecule has 0 aliphatic rings. The maximum atomic E-state index is 12.6. The predicted octanol–water partition coefficient (Wildman–Crippen LogP) is 2.37. The third-order valence-corrected chi connectivity index (χ3v) is 2.35. The van der Waals surface area contributed by atoms with Gasteiger partial charge in [-0.3, -0.25) is 4.40 Å². The number of rotatable bonds is 1. The van der Waals surface area contributed by atoms with E-state index >= 15 is 0 Å². The quantitative estimate of drug-likeness (QED) is 0.815. The Labute approximate surface area is 89.7 Å². The first-order valence-electron chi connectivity index (χ1n) is 4.70. The summed E-state index contributed by atoms with van der Waals surface area (Å²) in [5, 5.41) is 0. The van der Waals surface area contributed by atoms with Crippen molar-refractivity contribution in [2.75, 3.05) is 0 Å². The van der Waals surface area contributed by atoms with Gasteiger partial charge in [-0.05, 0) is 18.6 Å². The lowest BCUT2D eigenvalue weighted by Gasteiger charge is -2.09. The topological polar surface area (TPSA) is 43.3 Å². The molecule has 0 aliphatic heterocycles. The van der Waals surface area contributed by atoms with Gasteiger partial charge in [0.25, 0.3) is 0 Å². The molecule has 3 nitrogen and oxygen atoms in total. The third-order valence-electron chi connectivity index (χ3n) is 2.35. The lowest BCUT2D eigenvalue weighted by Crippen LogP contribution is -2.12. The standard InChI is InChI=1S/C10H10F3N3/c1-6(14)7-3-2-4-16-8(7)5-15-9(16)10(11,12)13/h2-6H,14H2,1H3. The van der Waals surface area contributed by atoms with Crippen molar-refractivity contribution < 1.29 is 13.2 Å². The molecule has 0 radical (unpaired) electrons. The van der Waals surface area contributed by atoms with Crippen LogP contribution in [0.15, 0.2) is 24.5 Å². The molecule has 0 fully saturated rings. The molecule has 2 rings (SSSR count). The van der Waals surface area contributed by atoms with Gasteiger partial charge in [-0.15, -0.1) is 0 Å². The van der Waals surface area contributed by atoms with E-state index in [0.29, 0.717) is 11.1 Å². The Morgan fingerprint density at radius 1 is 1.44 bits per heavy atom. The summed E-state index contributed by atoms with van der Waals surface area (Å²) >= 11 is 0. The van der Waals surface area contributed by atoms with E-state index in [2.05, 4.69) is 4.98 Å². The number of aromatic nitrogens is 2. The van der Waals surface area contributed by atoms with Gasteiger partial charge < -0.3 is 5.73 Å². The molecule has 0 aromatic carbocycles. The summed E-state index contributed by atoms with van der Waals surface area (Å²) < 4.78 is 38.7. The van der Waals surface area contributed by atoms with Crippen LogP contribution < -0.4 is 5.73 Å². The van der Waals surface area contributed by atoms with E-state index in [4.69, 9.17) is 5.73 Å². The Hall–Kier alpha value is -1.56. The van der Waals surface area contributed by atoms with Crippen LogP contribution in [-0.2, 0) is 6.18 Å². The van der Waals surface area contributed by atoms with Crippen LogP contribution in [0, 0.1) is 0 Å². The predicted molar refractivity (Wildman–Crippen MR) is 52.8 cm³/mol. The van der Waals surface area contributed by atoms with Crippen LogP contribution in [0.5, 0.6) is 0 Å². The highest BCUT2D eigenvalue weighted by Crippen LogP contribution is 2.30. The SMILES string of the molecule is CC(N)c1cccn2c(C(F)(F)F)ncc12. The highest BCUT2D eigenvalue weighted by Gasteiger charge is 2.36. The minimum absolute atomic E-state index is 0.332. The van der Waals surface area contributed by atoms with Gasteiger partial charge in [0.15, 0.2) is 0 Å². The van der Waals surface area contributed by atoms with E-state index in [9.17, 15) is 13.2 Å². The molecule has 0 bridgehead atoms. The fourth-order valence-electron chi connectivity index (χ4n) is 1.64. The van der Waals surface area contributed by atoms with Crippen LogP contribution >= 0.6 is 0 Å². The smallest absolute Gasteiger partial charge is 0.324 e. The highest BCUT2D eigenvalue weighted by molar-refractivity contribution is 5.55. The van der Waals surface area contributed by atoms with E-state index in [0.717, 1.165) is 4.40 Å². The van der Waals surface area contributed by atoms with Gasteiger partial charge in [0.2, 0.25) is 5.82 Å². The summed E-state index contributed by atoms with van der Waals surface area (Å²) in [6.45, 7) is 1.72. The van der Waals surface area contributed by atoms with Crippen LogP contribution in [0.1, 0.15) is 24.4 Å². The summed E-state index contributed by atoms with van der Waals surface area (Å²) in [5.41, 5.74) is 6.71. The number of fused-ring (bicyclic) bond motifs is 1. The van der Waals surface area contributed by atoms with E-state index < -0.39 is 12.0 Å². The number of hydrogen-bond acceptors (Lipinski definition) is 2. The summed E-state index contributed by atoms with van der Waals surface area (Å²) in [5.74, 6) is -0.926. The summed E-state index contributed by atoms with van der Waals surface area (Å²) in [6.07, 6.45) is -1.93. The minimum Gasteiger partial charge on any atom is -0.324 e. The summed E-state index contributed by atoms with van der Waals surface area (Å²) in [7, 11) is 0. The Kier molecular flexibility index (Phi) is 2.38. The zero-order valence-corrected chi connectivity index (χ0v) is 8.49. The molecular formula is C10H10F3N3. The van der Waals surface area contributed by atoms with Crippen LogP contribution in [0.2, 0.25) is 0 Å². The number of nitrogens with zero attached hydrogens (tertiary/aromatic N) is 2. The molecule has 1 unspecified atom stereocenters. The number of alkyl halides is 3. The Bertz CT molecular complexity index is 513. The van der Waals surface area contributed by atoms with Crippen molar-refractivity contribution in [1.82, 2.24) is 9.38 Å². The molecule has 2 N–H and O–H groups in total. The normalized spacial score (nSPS) is 14.3. The third kappa shape index (κ3) is 1.65. The van der Waals surface area contributed by atoms with Gasteiger partial charge >= 0.3 is 6.18 Å². The highest BCUT2D eigenvalue weighted by atomic mass is 19.4. The van der Waals surface area contributed by atoms with E-state index in [1.165, 1.54) is 18.5 Å². The summed E-state index contributed by atoms with van der Waals surface area (Å²) in [6, 6.07) is 2.89. The number of pyridine rings is 1. The first-order valence-corrected chi connectivity index (χ1v) is 4.70. The summed E-state index contributed by atoms with van der Waals surface area (Å²) in [4.78, 5) is 3.39. The Morgan fingerprint density at radius 2 is 2.12 bits per heavy atom. The molecule has 6 heteroatoms. The number of hydrogen-bond donors (Lipinski definition) is 1. The Morgan fingerprint density at radius 3 is 2.69 bits per heavy atom. The zero-order valence-electron chi connectivity index (χ0n) is 8.49. The monoisotopic (exact) mass is 229 g/mol. The van der Waals surface area contributed by atoms with Crippen LogP contribution in [-0.4, -0.2) is 9.38 Å². The van der Waals surface area contributed by atoms with Gasteiger partial charge in [0, 0.05) is 12.2 Å². The van der Waals surface area contributed by atoms with Crippen molar-refractivity contribution in [2.45, 2.75) is 19.1 Å². The molecule has 1 atom stereocenters. The van der Waals surface area contributed by atoms with Crippen LogP contribution in [0.25, 0.3) is 5.52 Å². The fraction of sp³-hybridized carbons (Fsp3) is 0.300. The maximum absolute atomic E-state index is 12.6.